The predicted octanol–water partition coefficient (Wildman–Crippen LogP) is 6.81. The minimum Gasteiger partial charge on any atom is -0.444 e. The number of fused-ring (bicyclic) bond motifs is 3. The number of aromatic nitrogens is 4. The van der Waals surface area contributed by atoms with Gasteiger partial charge in [-0.2, -0.15) is 9.61 Å². The summed E-state index contributed by atoms with van der Waals surface area (Å²) in [7, 11) is 0. The van der Waals surface area contributed by atoms with Crippen molar-refractivity contribution in [1.82, 2.24) is 24.5 Å². The number of piperazine rings is 1. The molecule has 2 amide bonds. The maximum atomic E-state index is 14.0. The maximum absolute atomic E-state index is 14.0. The summed E-state index contributed by atoms with van der Waals surface area (Å²) in [4.78, 5) is 42.3. The Kier molecular flexibility index (Phi) is 7.60. The predicted molar refractivity (Wildman–Crippen MR) is 180 cm³/mol. The van der Waals surface area contributed by atoms with Gasteiger partial charge >= 0.3 is 12.2 Å². The van der Waals surface area contributed by atoms with Crippen molar-refractivity contribution in [3.63, 3.8) is 0 Å². The molecule has 6 heterocycles. The van der Waals surface area contributed by atoms with Gasteiger partial charge in [-0.05, 0) is 84.4 Å². The van der Waals surface area contributed by atoms with Gasteiger partial charge in [0.15, 0.2) is 5.65 Å². The van der Waals surface area contributed by atoms with Gasteiger partial charge in [-0.1, -0.05) is 30.3 Å². The lowest BCUT2D eigenvalue weighted by atomic mass is 9.88. The first-order chi connectivity index (χ1) is 22.3. The van der Waals surface area contributed by atoms with Gasteiger partial charge in [-0.25, -0.2) is 14.6 Å². The van der Waals surface area contributed by atoms with Crippen LogP contribution < -0.4 is 9.80 Å². The molecule has 3 aliphatic heterocycles. The van der Waals surface area contributed by atoms with E-state index >= 15 is 0 Å². The van der Waals surface area contributed by atoms with Crippen LogP contribution in [0.4, 0.5) is 21.2 Å². The lowest BCUT2D eigenvalue weighted by Crippen LogP contribution is -2.70. The van der Waals surface area contributed by atoms with E-state index in [1.807, 2.05) is 101 Å². The number of hydrogen-bond acceptors (Lipinski definition) is 8. The van der Waals surface area contributed by atoms with Gasteiger partial charge in [0.25, 0.3) is 0 Å². The number of hydrogen-bond donors (Lipinski definition) is 0. The normalized spacial score (nSPS) is 19.4. The van der Waals surface area contributed by atoms with Crippen LogP contribution in [-0.4, -0.2) is 73.0 Å². The molecule has 11 heteroatoms. The summed E-state index contributed by atoms with van der Waals surface area (Å²) in [6, 6.07) is 15.9. The zero-order valence-electron chi connectivity index (χ0n) is 28.0. The highest BCUT2D eigenvalue weighted by molar-refractivity contribution is 5.88. The summed E-state index contributed by atoms with van der Waals surface area (Å²) in [6.07, 6.45) is 6.06. The number of carbonyl (C=O) groups excluding carboxylic acids is 2. The number of anilines is 2. The summed E-state index contributed by atoms with van der Waals surface area (Å²) in [5.41, 5.74) is 3.42. The molecule has 0 N–H and O–H groups in total. The second-order valence-electron chi connectivity index (χ2n) is 14.9. The van der Waals surface area contributed by atoms with E-state index in [-0.39, 0.29) is 24.7 Å². The summed E-state index contributed by atoms with van der Waals surface area (Å²) in [5, 5.41) is 4.76. The molecule has 1 aliphatic carbocycles. The Morgan fingerprint density at radius 2 is 1.64 bits per heavy atom. The average Bonchev–Trinajstić information content (AvgIpc) is 3.76. The van der Waals surface area contributed by atoms with Crippen molar-refractivity contribution in [2.24, 2.45) is 0 Å². The van der Waals surface area contributed by atoms with Crippen molar-refractivity contribution < 1.29 is 19.1 Å². The second-order valence-corrected chi connectivity index (χ2v) is 14.9. The van der Waals surface area contributed by atoms with E-state index < -0.39 is 17.3 Å². The highest BCUT2D eigenvalue weighted by Gasteiger charge is 2.49. The van der Waals surface area contributed by atoms with E-state index in [0.717, 1.165) is 53.1 Å². The molecule has 4 aromatic rings. The fourth-order valence-corrected chi connectivity index (χ4v) is 6.45. The Bertz CT molecular complexity index is 1780. The Morgan fingerprint density at radius 1 is 0.936 bits per heavy atom. The molecule has 3 aromatic heterocycles. The first-order valence-electron chi connectivity index (χ1n) is 16.5. The fraction of sp³-hybridized carbons (Fsp3) is 0.472. The molecular formula is C36H43N7O4. The molecule has 1 aromatic carbocycles. The summed E-state index contributed by atoms with van der Waals surface area (Å²) in [5.74, 6) is 1.75. The molecular weight excluding hydrogens is 594 g/mol. The molecule has 2 atom stereocenters. The van der Waals surface area contributed by atoms with Gasteiger partial charge in [-0.15, -0.1) is 0 Å². The number of pyridine rings is 1. The van der Waals surface area contributed by atoms with Crippen LogP contribution in [0.2, 0.25) is 0 Å². The topological polar surface area (TPSA) is 105 Å². The van der Waals surface area contributed by atoms with Gasteiger partial charge in [0.2, 0.25) is 0 Å². The van der Waals surface area contributed by atoms with Gasteiger partial charge in [0.1, 0.15) is 22.8 Å². The van der Waals surface area contributed by atoms with Crippen LogP contribution in [0, 0.1) is 0 Å². The Morgan fingerprint density at radius 3 is 2.26 bits per heavy atom. The Labute approximate surface area is 275 Å². The van der Waals surface area contributed by atoms with Crippen molar-refractivity contribution in [3.8, 4) is 11.3 Å². The van der Waals surface area contributed by atoms with Crippen LogP contribution in [0.5, 0.6) is 0 Å². The summed E-state index contributed by atoms with van der Waals surface area (Å²) < 4.78 is 13.4. The molecule has 4 aliphatic rings. The smallest absolute Gasteiger partial charge is 0.416 e. The molecule has 0 spiro atoms. The molecule has 11 nitrogen and oxygen atoms in total. The summed E-state index contributed by atoms with van der Waals surface area (Å²) in [6.45, 7) is 12.8. The average molecular weight is 638 g/mol. The minimum atomic E-state index is -0.699. The SMILES string of the molecule is CC(C)(C)OC(=O)N(Cc1ccc(-c2ccccn2)cc1)c1cc(N2CC3CC(C2)N3C(=O)OC(C)(C)C)nc2c(C3CC3)cnn12. The Balaban J connectivity index is 1.24. The van der Waals surface area contributed by atoms with Gasteiger partial charge in [-0.3, -0.25) is 14.8 Å². The van der Waals surface area contributed by atoms with E-state index in [0.29, 0.717) is 24.8 Å². The maximum Gasteiger partial charge on any atom is 0.416 e. The molecule has 2 unspecified atom stereocenters. The van der Waals surface area contributed by atoms with Crippen molar-refractivity contribution in [1.29, 1.82) is 0 Å². The van der Waals surface area contributed by atoms with Crippen molar-refractivity contribution in [2.45, 2.75) is 96.6 Å². The van der Waals surface area contributed by atoms with Gasteiger partial charge < -0.3 is 14.4 Å². The third-order valence-corrected chi connectivity index (χ3v) is 8.75. The van der Waals surface area contributed by atoms with E-state index in [1.54, 1.807) is 15.6 Å². The first kappa shape index (κ1) is 31.0. The number of rotatable bonds is 6. The van der Waals surface area contributed by atoms with E-state index in [1.165, 1.54) is 0 Å². The highest BCUT2D eigenvalue weighted by Crippen LogP contribution is 2.43. The number of nitrogens with zero attached hydrogens (tertiary/aromatic N) is 7. The number of amides is 2. The highest BCUT2D eigenvalue weighted by atomic mass is 16.6. The first-order valence-corrected chi connectivity index (χ1v) is 16.5. The summed E-state index contributed by atoms with van der Waals surface area (Å²) >= 11 is 0. The minimum absolute atomic E-state index is 0.0393. The standard InChI is InChI=1S/C36H43N7O4/c1-35(2,3)46-33(44)41(20-23-10-12-25(13-11-23)29-9-7-8-16-37-29)31-18-30(39-32-28(24-14-15-24)19-38-43(31)32)40-21-26-17-27(22-40)42(26)34(45)47-36(4,5)6/h7-13,16,18-19,24,26-27H,14-15,17,20-22H2,1-6H3. The van der Waals surface area contributed by atoms with Crippen LogP contribution >= 0.6 is 0 Å². The lowest BCUT2D eigenvalue weighted by Gasteiger charge is -2.56. The second kappa shape index (κ2) is 11.5. The molecule has 8 rings (SSSR count). The number of ether oxygens (including phenoxy) is 2. The molecule has 3 saturated heterocycles. The van der Waals surface area contributed by atoms with Crippen LogP contribution in [0.1, 0.15) is 77.8 Å². The zero-order chi connectivity index (χ0) is 33.1. The van der Waals surface area contributed by atoms with Crippen molar-refractivity contribution >= 4 is 29.5 Å². The molecule has 2 bridgehead atoms. The van der Waals surface area contributed by atoms with Gasteiger partial charge in [0.05, 0.1) is 30.5 Å². The quantitative estimate of drug-likeness (QED) is 0.227. The number of piperidine rings is 1. The van der Waals surface area contributed by atoms with Crippen molar-refractivity contribution in [3.05, 3.63) is 72.1 Å². The van der Waals surface area contributed by atoms with Crippen LogP contribution in [0.25, 0.3) is 16.9 Å². The third-order valence-electron chi connectivity index (χ3n) is 8.75. The monoisotopic (exact) mass is 637 g/mol. The van der Waals surface area contributed by atoms with Crippen LogP contribution in [0.15, 0.2) is 60.9 Å². The van der Waals surface area contributed by atoms with E-state index in [9.17, 15) is 9.59 Å². The molecule has 0 radical (unpaired) electrons. The molecule has 246 valence electrons. The zero-order valence-corrected chi connectivity index (χ0v) is 28.0. The van der Waals surface area contributed by atoms with Crippen LogP contribution in [-0.2, 0) is 16.0 Å². The third kappa shape index (κ3) is 6.48. The van der Waals surface area contributed by atoms with E-state index in [4.69, 9.17) is 19.6 Å². The Hall–Kier alpha value is -4.67. The van der Waals surface area contributed by atoms with Crippen LogP contribution in [0.3, 0.4) is 0 Å². The van der Waals surface area contributed by atoms with Crippen molar-refractivity contribution in [2.75, 3.05) is 22.9 Å². The van der Waals surface area contributed by atoms with E-state index in [2.05, 4.69) is 9.88 Å². The molecule has 1 saturated carbocycles. The fourth-order valence-electron chi connectivity index (χ4n) is 6.45. The van der Waals surface area contributed by atoms with Gasteiger partial charge in [0, 0.05) is 36.5 Å². The molecule has 4 fully saturated rings. The largest absolute Gasteiger partial charge is 0.444 e. The lowest BCUT2D eigenvalue weighted by molar-refractivity contribution is -0.0380. The molecule has 47 heavy (non-hydrogen) atoms. The number of carbonyl (C=O) groups is 2. The number of benzene rings is 1.